The van der Waals surface area contributed by atoms with Gasteiger partial charge in [0.2, 0.25) is 0 Å². The molecule has 128 valence electrons. The van der Waals surface area contributed by atoms with Gasteiger partial charge in [0.1, 0.15) is 10.6 Å². The van der Waals surface area contributed by atoms with Gasteiger partial charge in [-0.25, -0.2) is 0 Å². The van der Waals surface area contributed by atoms with Crippen LogP contribution in [0.15, 0.2) is 42.5 Å². The Hall–Kier alpha value is -1.84. The Kier molecular flexibility index (Phi) is 5.45. The molecule has 2 aromatic carbocycles. The minimum Gasteiger partial charge on any atom is -0.496 e. The van der Waals surface area contributed by atoms with Crippen LogP contribution in [0.3, 0.4) is 0 Å². The maximum Gasteiger partial charge on any atom is 0.281 e. The summed E-state index contributed by atoms with van der Waals surface area (Å²) in [6.07, 6.45) is 0. The van der Waals surface area contributed by atoms with Crippen molar-refractivity contribution in [3.8, 4) is 5.75 Å². The zero-order chi connectivity index (χ0) is 18.0. The number of thiophene rings is 1. The Balaban J connectivity index is 1.72. The van der Waals surface area contributed by atoms with Crippen molar-refractivity contribution in [2.24, 2.45) is 0 Å². The summed E-state index contributed by atoms with van der Waals surface area (Å²) in [5.41, 5.74) is 5.21. The van der Waals surface area contributed by atoms with E-state index in [-0.39, 0.29) is 0 Å². The number of hydrazine groups is 1. The summed E-state index contributed by atoms with van der Waals surface area (Å²) in [6, 6.07) is 12.5. The zero-order valence-corrected chi connectivity index (χ0v) is 16.7. The van der Waals surface area contributed by atoms with Crippen LogP contribution >= 0.6 is 45.5 Å². The Labute approximate surface area is 166 Å². The first-order valence-corrected chi connectivity index (χ1v) is 9.40. The molecular weight excluding hydrogens is 475 g/mol. The summed E-state index contributed by atoms with van der Waals surface area (Å²) in [5, 5.41) is 1.20. The molecule has 1 heterocycles. The van der Waals surface area contributed by atoms with Gasteiger partial charge in [0.05, 0.1) is 15.7 Å². The van der Waals surface area contributed by atoms with Gasteiger partial charge in [-0.3, -0.25) is 20.4 Å². The summed E-state index contributed by atoms with van der Waals surface area (Å²) in [7, 11) is 1.56. The van der Waals surface area contributed by atoms with Gasteiger partial charge in [-0.1, -0.05) is 29.8 Å². The Morgan fingerprint density at radius 3 is 2.52 bits per heavy atom. The first-order valence-electron chi connectivity index (χ1n) is 7.12. The van der Waals surface area contributed by atoms with Gasteiger partial charge < -0.3 is 4.74 Å². The molecule has 0 saturated carbocycles. The second kappa shape index (κ2) is 7.59. The number of hydrogen-bond donors (Lipinski definition) is 2. The molecule has 25 heavy (non-hydrogen) atoms. The molecule has 2 N–H and O–H groups in total. The third kappa shape index (κ3) is 3.73. The predicted molar refractivity (Wildman–Crippen MR) is 107 cm³/mol. The van der Waals surface area contributed by atoms with Crippen molar-refractivity contribution in [1.82, 2.24) is 10.9 Å². The van der Waals surface area contributed by atoms with Crippen molar-refractivity contribution < 1.29 is 14.3 Å². The van der Waals surface area contributed by atoms with Crippen LogP contribution in [0.2, 0.25) is 5.02 Å². The van der Waals surface area contributed by atoms with Crippen molar-refractivity contribution in [2.45, 2.75) is 0 Å². The summed E-state index contributed by atoms with van der Waals surface area (Å²) in [4.78, 5) is 24.9. The van der Waals surface area contributed by atoms with Crippen LogP contribution < -0.4 is 15.6 Å². The van der Waals surface area contributed by atoms with Crippen molar-refractivity contribution >= 4 is 67.4 Å². The normalized spacial score (nSPS) is 10.5. The van der Waals surface area contributed by atoms with Crippen molar-refractivity contribution in [3.05, 3.63) is 61.5 Å². The Bertz CT molecular complexity index is 974. The van der Waals surface area contributed by atoms with Gasteiger partial charge in [0.25, 0.3) is 11.8 Å². The minimum absolute atomic E-state index is 0.354. The van der Waals surface area contributed by atoms with Crippen LogP contribution in [0.5, 0.6) is 5.75 Å². The highest BCUT2D eigenvalue weighted by molar-refractivity contribution is 14.1. The number of carbonyl (C=O) groups is 2. The molecule has 1 aromatic heterocycles. The largest absolute Gasteiger partial charge is 0.496 e. The van der Waals surface area contributed by atoms with E-state index in [1.807, 2.05) is 24.3 Å². The third-order valence-corrected chi connectivity index (χ3v) is 5.96. The fourth-order valence-electron chi connectivity index (χ4n) is 2.21. The summed E-state index contributed by atoms with van der Waals surface area (Å²) < 4.78 is 6.86. The maximum atomic E-state index is 12.3. The fraction of sp³-hybridized carbons (Fsp3) is 0.0588. The highest BCUT2D eigenvalue weighted by atomic mass is 127. The second-order valence-electron chi connectivity index (χ2n) is 5.00. The molecule has 0 radical (unpaired) electrons. The lowest BCUT2D eigenvalue weighted by molar-refractivity contribution is 0.0849. The monoisotopic (exact) mass is 486 g/mol. The summed E-state index contributed by atoms with van der Waals surface area (Å²) >= 11 is 9.61. The third-order valence-electron chi connectivity index (χ3n) is 3.44. The van der Waals surface area contributed by atoms with E-state index >= 15 is 0 Å². The van der Waals surface area contributed by atoms with Gasteiger partial charge in [-0.05, 0) is 46.9 Å². The first kappa shape index (κ1) is 18.0. The number of amides is 2. The van der Waals surface area contributed by atoms with Gasteiger partial charge in [-0.15, -0.1) is 11.3 Å². The van der Waals surface area contributed by atoms with Gasteiger partial charge in [0.15, 0.2) is 0 Å². The number of nitrogens with one attached hydrogen (secondary N) is 2. The molecule has 0 bridgehead atoms. The Morgan fingerprint density at radius 2 is 1.84 bits per heavy atom. The van der Waals surface area contributed by atoms with Crippen LogP contribution in [-0.2, 0) is 0 Å². The standard InChI is InChI=1S/C17H12ClIN2O3S/c1-24-12-7-6-9(8-11(12)19)16(22)20-21-17(23)15-14(18)10-4-2-3-5-13(10)25-15/h2-8H,1H3,(H,20,22)(H,21,23). The molecule has 5 nitrogen and oxygen atoms in total. The Morgan fingerprint density at radius 1 is 1.12 bits per heavy atom. The van der Waals surface area contributed by atoms with Crippen molar-refractivity contribution in [1.29, 1.82) is 0 Å². The lowest BCUT2D eigenvalue weighted by atomic mass is 10.2. The topological polar surface area (TPSA) is 67.4 Å². The molecular formula is C17H12ClIN2O3S. The lowest BCUT2D eigenvalue weighted by Gasteiger charge is -2.08. The van der Waals surface area contributed by atoms with Crippen LogP contribution in [0, 0.1) is 3.57 Å². The van der Waals surface area contributed by atoms with E-state index in [0.29, 0.717) is 21.2 Å². The molecule has 0 aliphatic heterocycles. The number of ether oxygens (including phenoxy) is 1. The number of carbonyl (C=O) groups excluding carboxylic acids is 2. The highest BCUT2D eigenvalue weighted by Gasteiger charge is 2.18. The van der Waals surface area contributed by atoms with E-state index in [1.165, 1.54) is 11.3 Å². The summed E-state index contributed by atoms with van der Waals surface area (Å²) in [6.45, 7) is 0. The summed E-state index contributed by atoms with van der Waals surface area (Å²) in [5.74, 6) is -0.202. The van der Waals surface area contributed by atoms with E-state index in [9.17, 15) is 9.59 Å². The van der Waals surface area contributed by atoms with E-state index < -0.39 is 11.8 Å². The van der Waals surface area contributed by atoms with Crippen molar-refractivity contribution in [3.63, 3.8) is 0 Å². The molecule has 0 saturated heterocycles. The average molecular weight is 487 g/mol. The number of rotatable bonds is 3. The highest BCUT2D eigenvalue weighted by Crippen LogP contribution is 2.34. The molecule has 0 fully saturated rings. The number of fused-ring (bicyclic) bond motifs is 1. The molecule has 0 aliphatic carbocycles. The van der Waals surface area contributed by atoms with Crippen LogP contribution in [-0.4, -0.2) is 18.9 Å². The number of benzene rings is 2. The fourth-order valence-corrected chi connectivity index (χ4v) is 4.36. The number of hydrogen-bond acceptors (Lipinski definition) is 4. The molecule has 2 amide bonds. The van der Waals surface area contributed by atoms with E-state index in [0.717, 1.165) is 13.7 Å². The maximum absolute atomic E-state index is 12.3. The molecule has 0 unspecified atom stereocenters. The second-order valence-corrected chi connectivity index (χ2v) is 7.59. The quantitative estimate of drug-likeness (QED) is 0.430. The number of methoxy groups -OCH3 is 1. The van der Waals surface area contributed by atoms with Crippen molar-refractivity contribution in [2.75, 3.05) is 7.11 Å². The van der Waals surface area contributed by atoms with E-state index in [4.69, 9.17) is 16.3 Å². The molecule has 0 atom stereocenters. The predicted octanol–water partition coefficient (Wildman–Crippen LogP) is 4.24. The molecule has 0 spiro atoms. The molecule has 3 rings (SSSR count). The van der Waals surface area contributed by atoms with Gasteiger partial charge in [-0.2, -0.15) is 0 Å². The van der Waals surface area contributed by atoms with E-state index in [1.54, 1.807) is 25.3 Å². The first-order chi connectivity index (χ1) is 12.0. The molecule has 8 heteroatoms. The van der Waals surface area contributed by atoms with Crippen LogP contribution in [0.4, 0.5) is 0 Å². The van der Waals surface area contributed by atoms with E-state index in [2.05, 4.69) is 33.4 Å². The average Bonchev–Trinajstić information content (AvgIpc) is 2.96. The van der Waals surface area contributed by atoms with Crippen LogP contribution in [0.1, 0.15) is 20.0 Å². The smallest absolute Gasteiger partial charge is 0.281 e. The SMILES string of the molecule is COc1ccc(C(=O)NNC(=O)c2sc3ccccc3c2Cl)cc1I. The number of halogens is 2. The zero-order valence-electron chi connectivity index (χ0n) is 12.9. The molecule has 0 aliphatic rings. The molecule has 3 aromatic rings. The van der Waals surface area contributed by atoms with Gasteiger partial charge >= 0.3 is 0 Å². The minimum atomic E-state index is -0.456. The lowest BCUT2D eigenvalue weighted by Crippen LogP contribution is -2.41. The van der Waals surface area contributed by atoms with Crippen LogP contribution in [0.25, 0.3) is 10.1 Å². The van der Waals surface area contributed by atoms with Gasteiger partial charge in [0, 0.05) is 15.6 Å².